The van der Waals surface area contributed by atoms with Crippen molar-refractivity contribution in [3.8, 4) is 0 Å². The first kappa shape index (κ1) is 17.6. The first-order valence-corrected chi connectivity index (χ1v) is 9.79. The van der Waals surface area contributed by atoms with Gasteiger partial charge in [0.1, 0.15) is 0 Å². The van der Waals surface area contributed by atoms with Crippen molar-refractivity contribution in [3.63, 3.8) is 0 Å². The van der Waals surface area contributed by atoms with Crippen LogP contribution in [-0.2, 0) is 21.4 Å². The lowest BCUT2D eigenvalue weighted by Crippen LogP contribution is -2.49. The van der Waals surface area contributed by atoms with Crippen LogP contribution in [0.5, 0.6) is 0 Å². The van der Waals surface area contributed by atoms with Crippen molar-refractivity contribution in [1.29, 1.82) is 0 Å². The van der Waals surface area contributed by atoms with Gasteiger partial charge < -0.3 is 10.1 Å². The maximum atomic E-state index is 13.5. The van der Waals surface area contributed by atoms with Gasteiger partial charge in [-0.05, 0) is 60.9 Å². The maximum Gasteiger partial charge on any atom is 0.231 e. The van der Waals surface area contributed by atoms with Gasteiger partial charge in [-0.2, -0.15) is 0 Å². The van der Waals surface area contributed by atoms with Gasteiger partial charge in [0.2, 0.25) is 5.91 Å². The van der Waals surface area contributed by atoms with Gasteiger partial charge in [0, 0.05) is 18.2 Å². The summed E-state index contributed by atoms with van der Waals surface area (Å²) < 4.78 is 5.56. The molecular weight excluding hydrogens is 346 g/mol. The number of halogens is 1. The van der Waals surface area contributed by atoms with E-state index in [1.807, 2.05) is 24.3 Å². The third kappa shape index (κ3) is 3.26. The van der Waals surface area contributed by atoms with Crippen LogP contribution in [-0.4, -0.2) is 19.1 Å². The molecule has 2 aromatic rings. The lowest BCUT2D eigenvalue weighted by molar-refractivity contribution is -0.131. The van der Waals surface area contributed by atoms with Crippen LogP contribution in [0.1, 0.15) is 48.4 Å². The topological polar surface area (TPSA) is 38.3 Å². The van der Waals surface area contributed by atoms with Crippen molar-refractivity contribution >= 4 is 17.5 Å². The fourth-order valence-corrected chi connectivity index (χ4v) is 4.46. The van der Waals surface area contributed by atoms with Crippen LogP contribution in [0.4, 0.5) is 0 Å². The molecule has 3 nitrogen and oxygen atoms in total. The number of fused-ring (bicyclic) bond motifs is 1. The molecule has 1 heterocycles. The van der Waals surface area contributed by atoms with Crippen LogP contribution in [0.3, 0.4) is 0 Å². The van der Waals surface area contributed by atoms with E-state index in [1.165, 1.54) is 11.1 Å². The summed E-state index contributed by atoms with van der Waals surface area (Å²) in [5.41, 5.74) is 3.13. The number of hydrogen-bond donors (Lipinski definition) is 1. The fraction of sp³-hybridized carbons (Fsp3) is 0.409. The molecule has 2 aliphatic rings. The largest absolute Gasteiger partial charge is 0.381 e. The third-order valence-corrected chi connectivity index (χ3v) is 6.10. The predicted octanol–water partition coefficient (Wildman–Crippen LogP) is 4.58. The van der Waals surface area contributed by atoms with Gasteiger partial charge in [-0.3, -0.25) is 4.79 Å². The highest BCUT2D eigenvalue weighted by Gasteiger charge is 2.42. The monoisotopic (exact) mass is 369 g/mol. The zero-order valence-corrected chi connectivity index (χ0v) is 15.6. The van der Waals surface area contributed by atoms with E-state index < -0.39 is 5.41 Å². The van der Waals surface area contributed by atoms with Gasteiger partial charge >= 0.3 is 0 Å². The smallest absolute Gasteiger partial charge is 0.231 e. The zero-order chi connectivity index (χ0) is 18.0. The summed E-state index contributed by atoms with van der Waals surface area (Å²) in [6.07, 6.45) is 4.61. The van der Waals surface area contributed by atoms with Crippen LogP contribution in [0, 0.1) is 0 Å². The average Bonchev–Trinajstić information content (AvgIpc) is 2.69. The van der Waals surface area contributed by atoms with Gasteiger partial charge in [-0.15, -0.1) is 0 Å². The molecule has 1 aliphatic carbocycles. The molecule has 26 heavy (non-hydrogen) atoms. The maximum absolute atomic E-state index is 13.5. The van der Waals surface area contributed by atoms with Gasteiger partial charge in [0.25, 0.3) is 0 Å². The lowest BCUT2D eigenvalue weighted by atomic mass is 9.73. The second-order valence-electron chi connectivity index (χ2n) is 7.32. The first-order valence-electron chi connectivity index (χ1n) is 9.42. The van der Waals surface area contributed by atoms with Crippen molar-refractivity contribution in [3.05, 3.63) is 70.2 Å². The molecule has 1 amide bonds. The Morgan fingerprint density at radius 1 is 1.08 bits per heavy atom. The summed E-state index contributed by atoms with van der Waals surface area (Å²) in [6, 6.07) is 16.3. The van der Waals surface area contributed by atoms with Gasteiger partial charge in [-0.1, -0.05) is 48.0 Å². The molecule has 0 aromatic heterocycles. The molecule has 1 saturated heterocycles. The van der Waals surface area contributed by atoms with E-state index in [2.05, 4.69) is 29.6 Å². The van der Waals surface area contributed by atoms with Gasteiger partial charge in [0.15, 0.2) is 0 Å². The van der Waals surface area contributed by atoms with Gasteiger partial charge in [0.05, 0.1) is 11.5 Å². The second-order valence-corrected chi connectivity index (χ2v) is 7.75. The fourth-order valence-electron chi connectivity index (χ4n) is 4.34. The number of amides is 1. The summed E-state index contributed by atoms with van der Waals surface area (Å²) in [5.74, 6) is 0.116. The van der Waals surface area contributed by atoms with Gasteiger partial charge in [-0.25, -0.2) is 0 Å². The molecule has 1 fully saturated rings. The standard InChI is InChI=1S/C22H24ClNO2/c23-18-10-8-17(9-11-18)22(12-14-26-15-13-22)21(25)24-20-7-3-5-16-4-1-2-6-19(16)20/h1-2,4,6,8-11,20H,3,5,7,12-15H2,(H,24,25). The molecule has 1 aliphatic heterocycles. The highest BCUT2D eigenvalue weighted by molar-refractivity contribution is 6.30. The molecule has 1 N–H and O–H groups in total. The second kappa shape index (κ2) is 7.42. The third-order valence-electron chi connectivity index (χ3n) is 5.85. The summed E-state index contributed by atoms with van der Waals surface area (Å²) in [5, 5.41) is 4.06. The number of nitrogens with one attached hydrogen (secondary N) is 1. The Kier molecular flexibility index (Phi) is 5.01. The van der Waals surface area contributed by atoms with E-state index in [0.717, 1.165) is 24.8 Å². The number of rotatable bonds is 3. The van der Waals surface area contributed by atoms with E-state index in [9.17, 15) is 4.79 Å². The molecule has 136 valence electrons. The molecular formula is C22H24ClNO2. The molecule has 0 saturated carbocycles. The Hall–Kier alpha value is -1.84. The minimum Gasteiger partial charge on any atom is -0.381 e. The Morgan fingerprint density at radius 3 is 2.58 bits per heavy atom. The van der Waals surface area contributed by atoms with Crippen LogP contribution in [0.15, 0.2) is 48.5 Å². The summed E-state index contributed by atoms with van der Waals surface area (Å²) >= 11 is 6.06. The van der Waals surface area contributed by atoms with Crippen molar-refractivity contribution in [2.75, 3.05) is 13.2 Å². The Bertz CT molecular complexity index is 781. The minimum atomic E-state index is -0.533. The van der Waals surface area contributed by atoms with E-state index >= 15 is 0 Å². The Morgan fingerprint density at radius 2 is 1.81 bits per heavy atom. The van der Waals surface area contributed by atoms with E-state index in [-0.39, 0.29) is 11.9 Å². The molecule has 1 atom stereocenters. The number of aryl methyl sites for hydroxylation is 1. The van der Waals surface area contributed by atoms with E-state index in [0.29, 0.717) is 31.1 Å². The highest BCUT2D eigenvalue weighted by Crippen LogP contribution is 2.38. The van der Waals surface area contributed by atoms with Crippen molar-refractivity contribution in [2.45, 2.75) is 43.6 Å². The average molecular weight is 370 g/mol. The number of carbonyl (C=O) groups excluding carboxylic acids is 1. The zero-order valence-electron chi connectivity index (χ0n) is 14.8. The van der Waals surface area contributed by atoms with Crippen molar-refractivity contribution in [2.24, 2.45) is 0 Å². The van der Waals surface area contributed by atoms with Crippen LogP contribution >= 0.6 is 11.6 Å². The number of benzene rings is 2. The van der Waals surface area contributed by atoms with E-state index in [1.54, 1.807) is 0 Å². The Labute approximate surface area is 159 Å². The molecule has 0 bridgehead atoms. The SMILES string of the molecule is O=C(NC1CCCc2ccccc21)C1(c2ccc(Cl)cc2)CCOCC1. The van der Waals surface area contributed by atoms with Crippen LogP contribution in [0.2, 0.25) is 5.02 Å². The Balaban J connectivity index is 1.63. The van der Waals surface area contributed by atoms with Crippen LogP contribution < -0.4 is 5.32 Å². The quantitative estimate of drug-likeness (QED) is 0.859. The predicted molar refractivity (Wildman–Crippen MR) is 103 cm³/mol. The minimum absolute atomic E-state index is 0.0967. The summed E-state index contributed by atoms with van der Waals surface area (Å²) in [7, 11) is 0. The van der Waals surface area contributed by atoms with Crippen molar-refractivity contribution < 1.29 is 9.53 Å². The number of carbonyl (C=O) groups is 1. The first-order chi connectivity index (χ1) is 12.7. The summed E-state index contributed by atoms with van der Waals surface area (Å²) in [4.78, 5) is 13.5. The molecule has 1 unspecified atom stereocenters. The molecule has 4 heteroatoms. The number of ether oxygens (including phenoxy) is 1. The van der Waals surface area contributed by atoms with Crippen molar-refractivity contribution in [1.82, 2.24) is 5.32 Å². The van der Waals surface area contributed by atoms with Crippen LogP contribution in [0.25, 0.3) is 0 Å². The molecule has 0 spiro atoms. The highest BCUT2D eigenvalue weighted by atomic mass is 35.5. The summed E-state index contributed by atoms with van der Waals surface area (Å²) in [6.45, 7) is 1.22. The van der Waals surface area contributed by atoms with E-state index in [4.69, 9.17) is 16.3 Å². The molecule has 0 radical (unpaired) electrons. The number of hydrogen-bond acceptors (Lipinski definition) is 2. The lowest BCUT2D eigenvalue weighted by Gasteiger charge is -2.38. The molecule has 2 aromatic carbocycles. The normalized spacial score (nSPS) is 21.7. The molecule has 4 rings (SSSR count).